The number of β-amino-alcohol motifs (C(OH)–C–C–N with tert-alkyl or cyclic N) is 1. The van der Waals surface area contributed by atoms with Crippen molar-refractivity contribution in [3.05, 3.63) is 39.0 Å². The summed E-state index contributed by atoms with van der Waals surface area (Å²) in [4.78, 5) is 24.4. The summed E-state index contributed by atoms with van der Waals surface area (Å²) in [6.07, 6.45) is 1.15. The third kappa shape index (κ3) is 2.91. The molecule has 0 aliphatic carbocycles. The number of nitrogens with one attached hydrogen (secondary N) is 1. The van der Waals surface area contributed by atoms with E-state index in [1.807, 2.05) is 0 Å². The number of carbonyl (C=O) groups excluding carboxylic acids is 2. The van der Waals surface area contributed by atoms with Crippen LogP contribution >= 0.6 is 34.8 Å². The summed E-state index contributed by atoms with van der Waals surface area (Å²) in [5.41, 5.74) is 0.514. The maximum absolute atomic E-state index is 11.9. The monoisotopic (exact) mass is 334 g/mol. The van der Waals surface area contributed by atoms with Crippen LogP contribution in [0.1, 0.15) is 0 Å². The van der Waals surface area contributed by atoms with Crippen LogP contribution in [0.15, 0.2) is 23.9 Å². The number of aliphatic hydroxyl groups excluding tert-OH is 1. The molecule has 1 heterocycles. The van der Waals surface area contributed by atoms with Gasteiger partial charge in [-0.3, -0.25) is 14.5 Å². The van der Waals surface area contributed by atoms with Crippen LogP contribution in [0.4, 0.5) is 5.69 Å². The average molecular weight is 336 g/mol. The zero-order valence-electron chi connectivity index (χ0n) is 9.99. The van der Waals surface area contributed by atoms with Gasteiger partial charge in [-0.25, -0.2) is 0 Å². The summed E-state index contributed by atoms with van der Waals surface area (Å²) in [5.74, 6) is -1.01. The normalized spacial score (nSPS) is 14.8. The molecule has 0 aromatic heterocycles. The molecule has 0 bridgehead atoms. The molecule has 0 saturated carbocycles. The van der Waals surface area contributed by atoms with Crippen molar-refractivity contribution < 1.29 is 14.7 Å². The Morgan fingerprint density at radius 1 is 1.15 bits per heavy atom. The molecule has 0 spiro atoms. The third-order valence-electron chi connectivity index (χ3n) is 2.60. The summed E-state index contributed by atoms with van der Waals surface area (Å²) < 4.78 is 0. The van der Waals surface area contributed by atoms with Gasteiger partial charge in [0.25, 0.3) is 11.8 Å². The van der Waals surface area contributed by atoms with Gasteiger partial charge in [0.05, 0.1) is 28.2 Å². The molecule has 1 aromatic rings. The second-order valence-corrected chi connectivity index (χ2v) is 5.15. The van der Waals surface area contributed by atoms with Crippen molar-refractivity contribution in [1.29, 1.82) is 0 Å². The summed E-state index contributed by atoms with van der Waals surface area (Å²) in [7, 11) is 0. The predicted octanol–water partition coefficient (Wildman–Crippen LogP) is 2.30. The number of halogens is 3. The van der Waals surface area contributed by atoms with Crippen molar-refractivity contribution in [1.82, 2.24) is 4.90 Å². The second-order valence-electron chi connectivity index (χ2n) is 3.96. The molecule has 2 amide bonds. The van der Waals surface area contributed by atoms with Crippen molar-refractivity contribution in [3.8, 4) is 0 Å². The molecule has 5 nitrogen and oxygen atoms in total. The first-order valence-corrected chi connectivity index (χ1v) is 6.67. The van der Waals surface area contributed by atoms with Crippen molar-refractivity contribution in [2.75, 3.05) is 18.5 Å². The van der Waals surface area contributed by atoms with E-state index >= 15 is 0 Å². The molecule has 8 heteroatoms. The van der Waals surface area contributed by atoms with Crippen molar-refractivity contribution in [2.45, 2.75) is 0 Å². The highest BCUT2D eigenvalue weighted by Crippen LogP contribution is 2.33. The fourth-order valence-corrected chi connectivity index (χ4v) is 2.29. The SMILES string of the molecule is O=C1C=C(Nc2cc(Cl)c(Cl)c(Cl)c2)C(=O)N1CCO. The Kier molecular flexibility index (Phi) is 4.55. The lowest BCUT2D eigenvalue weighted by molar-refractivity contribution is -0.137. The zero-order chi connectivity index (χ0) is 14.9. The third-order valence-corrected chi connectivity index (χ3v) is 3.79. The molecular weight excluding hydrogens is 327 g/mol. The fraction of sp³-hybridized carbons (Fsp3) is 0.167. The number of carbonyl (C=O) groups is 2. The van der Waals surface area contributed by atoms with Gasteiger partial charge in [-0.05, 0) is 12.1 Å². The lowest BCUT2D eigenvalue weighted by Crippen LogP contribution is -2.34. The number of amides is 2. The Morgan fingerprint density at radius 3 is 2.30 bits per heavy atom. The van der Waals surface area contributed by atoms with Crippen LogP contribution in [0, 0.1) is 0 Å². The number of hydrogen-bond donors (Lipinski definition) is 2. The van der Waals surface area contributed by atoms with E-state index < -0.39 is 11.8 Å². The number of aliphatic hydroxyl groups is 1. The molecule has 20 heavy (non-hydrogen) atoms. The quantitative estimate of drug-likeness (QED) is 0.654. The van der Waals surface area contributed by atoms with Gasteiger partial charge in [0.15, 0.2) is 0 Å². The van der Waals surface area contributed by atoms with Gasteiger partial charge in [0, 0.05) is 11.8 Å². The van der Waals surface area contributed by atoms with Crippen LogP contribution < -0.4 is 5.32 Å². The fourth-order valence-electron chi connectivity index (χ4n) is 1.69. The van der Waals surface area contributed by atoms with Crippen molar-refractivity contribution in [3.63, 3.8) is 0 Å². The van der Waals surface area contributed by atoms with Crippen molar-refractivity contribution >= 4 is 52.3 Å². The molecule has 2 N–H and O–H groups in total. The highest BCUT2D eigenvalue weighted by atomic mass is 35.5. The van der Waals surface area contributed by atoms with Gasteiger partial charge < -0.3 is 10.4 Å². The maximum atomic E-state index is 11.9. The summed E-state index contributed by atoms with van der Waals surface area (Å²) >= 11 is 17.6. The first-order chi connectivity index (χ1) is 9.43. The molecule has 1 aliphatic rings. The van der Waals surface area contributed by atoms with E-state index in [4.69, 9.17) is 39.9 Å². The molecule has 0 fully saturated rings. The van der Waals surface area contributed by atoms with Crippen LogP contribution in [-0.4, -0.2) is 35.0 Å². The first kappa shape index (κ1) is 15.1. The predicted molar refractivity (Wildman–Crippen MR) is 77.0 cm³/mol. The van der Waals surface area contributed by atoms with E-state index in [9.17, 15) is 9.59 Å². The molecule has 0 radical (unpaired) electrons. The molecule has 0 unspecified atom stereocenters. The second kappa shape index (κ2) is 6.01. The Hall–Kier alpha value is -1.27. The highest BCUT2D eigenvalue weighted by Gasteiger charge is 2.30. The molecular formula is C12H9Cl3N2O3. The number of imide groups is 1. The number of nitrogens with zero attached hydrogens (tertiary/aromatic N) is 1. The van der Waals surface area contributed by atoms with E-state index in [0.717, 1.165) is 11.0 Å². The smallest absolute Gasteiger partial charge is 0.277 e. The van der Waals surface area contributed by atoms with Gasteiger partial charge in [0.1, 0.15) is 5.70 Å². The van der Waals surface area contributed by atoms with Crippen LogP contribution in [0.3, 0.4) is 0 Å². The average Bonchev–Trinajstić information content (AvgIpc) is 2.64. The molecule has 0 atom stereocenters. The Balaban J connectivity index is 2.21. The molecule has 1 aliphatic heterocycles. The largest absolute Gasteiger partial charge is 0.395 e. The number of hydrogen-bond acceptors (Lipinski definition) is 4. The summed E-state index contributed by atoms with van der Waals surface area (Å²) in [6, 6.07) is 2.98. The van der Waals surface area contributed by atoms with E-state index in [0.29, 0.717) is 5.69 Å². The maximum Gasteiger partial charge on any atom is 0.277 e. The Morgan fingerprint density at radius 2 is 1.75 bits per heavy atom. The number of rotatable bonds is 4. The number of benzene rings is 1. The van der Waals surface area contributed by atoms with Gasteiger partial charge in [-0.2, -0.15) is 0 Å². The lowest BCUT2D eigenvalue weighted by atomic mass is 10.3. The van der Waals surface area contributed by atoms with Crippen LogP contribution in [-0.2, 0) is 9.59 Å². The topological polar surface area (TPSA) is 69.6 Å². The minimum Gasteiger partial charge on any atom is -0.395 e. The van der Waals surface area contributed by atoms with Gasteiger partial charge in [-0.1, -0.05) is 34.8 Å². The van der Waals surface area contributed by atoms with Crippen LogP contribution in [0.2, 0.25) is 15.1 Å². The molecule has 1 aromatic carbocycles. The van der Waals surface area contributed by atoms with Gasteiger partial charge >= 0.3 is 0 Å². The summed E-state index contributed by atoms with van der Waals surface area (Å²) in [6.45, 7) is -0.349. The van der Waals surface area contributed by atoms with Gasteiger partial charge in [-0.15, -0.1) is 0 Å². The summed E-state index contributed by atoms with van der Waals surface area (Å²) in [5, 5.41) is 12.2. The van der Waals surface area contributed by atoms with Crippen LogP contribution in [0.25, 0.3) is 0 Å². The first-order valence-electron chi connectivity index (χ1n) is 5.54. The van der Waals surface area contributed by atoms with E-state index in [2.05, 4.69) is 5.32 Å². The number of anilines is 1. The minimum absolute atomic E-state index is 0.0541. The lowest BCUT2D eigenvalue weighted by Gasteiger charge is -2.13. The van der Waals surface area contributed by atoms with E-state index in [1.54, 1.807) is 0 Å². The van der Waals surface area contributed by atoms with E-state index in [1.165, 1.54) is 12.1 Å². The Bertz CT molecular complexity index is 593. The van der Waals surface area contributed by atoms with Gasteiger partial charge in [0.2, 0.25) is 0 Å². The Labute approximate surface area is 129 Å². The standard InChI is InChI=1S/C12H9Cl3N2O3/c13-7-3-6(4-8(14)11(7)15)16-9-5-10(19)17(1-2-18)12(9)20/h3-5,16,18H,1-2H2. The molecule has 2 rings (SSSR count). The highest BCUT2D eigenvalue weighted by molar-refractivity contribution is 6.48. The minimum atomic E-state index is -0.522. The molecule has 106 valence electrons. The van der Waals surface area contributed by atoms with Crippen LogP contribution in [0.5, 0.6) is 0 Å². The van der Waals surface area contributed by atoms with Crippen molar-refractivity contribution in [2.24, 2.45) is 0 Å². The van der Waals surface area contributed by atoms with E-state index in [-0.39, 0.29) is 33.9 Å². The molecule has 0 saturated heterocycles. The zero-order valence-corrected chi connectivity index (χ0v) is 12.3.